The van der Waals surface area contributed by atoms with E-state index in [-0.39, 0.29) is 11.9 Å². The minimum absolute atomic E-state index is 0.168. The molecule has 0 spiro atoms. The lowest BCUT2D eigenvalue weighted by Gasteiger charge is -2.19. The van der Waals surface area contributed by atoms with Crippen molar-refractivity contribution in [1.29, 1.82) is 0 Å². The first-order chi connectivity index (χ1) is 10.6. The van der Waals surface area contributed by atoms with E-state index in [1.54, 1.807) is 0 Å². The van der Waals surface area contributed by atoms with Crippen LogP contribution in [0.4, 0.5) is 11.4 Å². The fourth-order valence-corrected chi connectivity index (χ4v) is 2.90. The molecule has 1 amide bonds. The molecule has 1 fully saturated rings. The summed E-state index contributed by atoms with van der Waals surface area (Å²) in [7, 11) is 0. The standard InChI is InChI=1S/C18H19ClN2O/c1-13(14-7-9-15(19)10-8-14)20-16-4-2-5-17(12-16)21-11-3-6-18(21)22/h2,4-5,7-10,12-13,20H,3,6,11H2,1H3. The van der Waals surface area contributed by atoms with Crippen LogP contribution in [0.2, 0.25) is 5.02 Å². The van der Waals surface area contributed by atoms with Gasteiger partial charge in [0, 0.05) is 35.4 Å². The Bertz CT molecular complexity index is 669. The number of rotatable bonds is 4. The number of halogens is 1. The number of nitrogens with one attached hydrogen (secondary N) is 1. The summed E-state index contributed by atoms with van der Waals surface area (Å²) in [6, 6.07) is 16.0. The quantitative estimate of drug-likeness (QED) is 0.891. The molecule has 1 saturated heterocycles. The van der Waals surface area contributed by atoms with Crippen LogP contribution >= 0.6 is 11.6 Å². The van der Waals surface area contributed by atoms with Gasteiger partial charge in [0.1, 0.15) is 0 Å². The highest BCUT2D eigenvalue weighted by Crippen LogP contribution is 2.27. The molecule has 1 aliphatic rings. The minimum atomic E-state index is 0.168. The predicted molar refractivity (Wildman–Crippen MR) is 91.5 cm³/mol. The maximum atomic E-state index is 11.9. The number of hydrogen-bond donors (Lipinski definition) is 1. The van der Waals surface area contributed by atoms with Crippen LogP contribution in [-0.4, -0.2) is 12.5 Å². The van der Waals surface area contributed by atoms with Gasteiger partial charge in [-0.15, -0.1) is 0 Å². The van der Waals surface area contributed by atoms with Crippen LogP contribution in [0.3, 0.4) is 0 Å². The van der Waals surface area contributed by atoms with Gasteiger partial charge >= 0.3 is 0 Å². The van der Waals surface area contributed by atoms with Gasteiger partial charge in [0.15, 0.2) is 0 Å². The van der Waals surface area contributed by atoms with Crippen LogP contribution in [0, 0.1) is 0 Å². The maximum absolute atomic E-state index is 11.9. The van der Waals surface area contributed by atoms with Gasteiger partial charge in [-0.25, -0.2) is 0 Å². The lowest BCUT2D eigenvalue weighted by Crippen LogP contribution is -2.23. The topological polar surface area (TPSA) is 32.3 Å². The molecule has 22 heavy (non-hydrogen) atoms. The summed E-state index contributed by atoms with van der Waals surface area (Å²) in [4.78, 5) is 13.7. The zero-order valence-electron chi connectivity index (χ0n) is 12.6. The van der Waals surface area contributed by atoms with Gasteiger partial charge in [-0.3, -0.25) is 4.79 Å². The number of anilines is 2. The average molecular weight is 315 g/mol. The first-order valence-electron chi connectivity index (χ1n) is 7.56. The molecule has 0 aromatic heterocycles. The van der Waals surface area contributed by atoms with Crippen LogP contribution in [-0.2, 0) is 4.79 Å². The largest absolute Gasteiger partial charge is 0.378 e. The minimum Gasteiger partial charge on any atom is -0.378 e. The van der Waals surface area contributed by atoms with Crippen molar-refractivity contribution in [3.63, 3.8) is 0 Å². The highest BCUT2D eigenvalue weighted by molar-refractivity contribution is 6.30. The third-order valence-corrected chi connectivity index (χ3v) is 4.24. The summed E-state index contributed by atoms with van der Waals surface area (Å²) in [5, 5.41) is 4.22. The number of benzene rings is 2. The monoisotopic (exact) mass is 314 g/mol. The van der Waals surface area contributed by atoms with Crippen LogP contribution in [0.15, 0.2) is 48.5 Å². The van der Waals surface area contributed by atoms with Gasteiger partial charge in [-0.1, -0.05) is 29.8 Å². The molecule has 2 aromatic carbocycles. The Morgan fingerprint density at radius 2 is 1.95 bits per heavy atom. The van der Waals surface area contributed by atoms with Crippen molar-refractivity contribution in [1.82, 2.24) is 0 Å². The Hall–Kier alpha value is -2.00. The van der Waals surface area contributed by atoms with Crippen molar-refractivity contribution in [2.45, 2.75) is 25.8 Å². The molecule has 3 rings (SSSR count). The molecule has 0 saturated carbocycles. The third kappa shape index (κ3) is 3.25. The second-order valence-corrected chi connectivity index (χ2v) is 6.05. The van der Waals surface area contributed by atoms with E-state index in [2.05, 4.69) is 12.2 Å². The Kier molecular flexibility index (Phi) is 4.34. The Morgan fingerprint density at radius 3 is 2.64 bits per heavy atom. The van der Waals surface area contributed by atoms with Gasteiger partial charge in [0.25, 0.3) is 0 Å². The van der Waals surface area contributed by atoms with Crippen molar-refractivity contribution < 1.29 is 4.79 Å². The van der Waals surface area contributed by atoms with Gasteiger partial charge in [0.2, 0.25) is 5.91 Å². The molecule has 0 radical (unpaired) electrons. The third-order valence-electron chi connectivity index (χ3n) is 3.98. The highest BCUT2D eigenvalue weighted by atomic mass is 35.5. The van der Waals surface area contributed by atoms with Crippen molar-refractivity contribution in [2.75, 3.05) is 16.8 Å². The number of hydrogen-bond acceptors (Lipinski definition) is 2. The van der Waals surface area contributed by atoms with E-state index in [1.807, 2.05) is 53.4 Å². The second kappa shape index (κ2) is 6.41. The van der Waals surface area contributed by atoms with E-state index < -0.39 is 0 Å². The van der Waals surface area contributed by atoms with Gasteiger partial charge in [0.05, 0.1) is 0 Å². The van der Waals surface area contributed by atoms with E-state index >= 15 is 0 Å². The smallest absolute Gasteiger partial charge is 0.227 e. The lowest BCUT2D eigenvalue weighted by atomic mass is 10.1. The van der Waals surface area contributed by atoms with Crippen molar-refractivity contribution in [2.24, 2.45) is 0 Å². The summed E-state index contributed by atoms with van der Waals surface area (Å²) in [6.45, 7) is 2.92. The van der Waals surface area contributed by atoms with E-state index in [4.69, 9.17) is 11.6 Å². The fourth-order valence-electron chi connectivity index (χ4n) is 2.77. The van der Waals surface area contributed by atoms with Gasteiger partial charge in [-0.2, -0.15) is 0 Å². The summed E-state index contributed by atoms with van der Waals surface area (Å²) >= 11 is 5.93. The molecule has 1 heterocycles. The van der Waals surface area contributed by atoms with E-state index in [9.17, 15) is 4.79 Å². The zero-order chi connectivity index (χ0) is 15.5. The molecule has 1 aliphatic heterocycles. The molecule has 4 heteroatoms. The molecule has 3 nitrogen and oxygen atoms in total. The summed E-state index contributed by atoms with van der Waals surface area (Å²) in [6.07, 6.45) is 1.59. The normalized spacial score (nSPS) is 15.9. The Labute approximate surface area is 135 Å². The van der Waals surface area contributed by atoms with Crippen molar-refractivity contribution in [3.8, 4) is 0 Å². The molecule has 114 valence electrons. The number of carbonyl (C=O) groups is 1. The fraction of sp³-hybridized carbons (Fsp3) is 0.278. The Balaban J connectivity index is 1.75. The predicted octanol–water partition coefficient (Wildman–Crippen LogP) is 4.64. The SMILES string of the molecule is CC(Nc1cccc(N2CCCC2=O)c1)c1ccc(Cl)cc1. The number of amides is 1. The molecule has 0 bridgehead atoms. The molecular weight excluding hydrogens is 296 g/mol. The van der Waals surface area contributed by atoms with Crippen LogP contribution in [0.1, 0.15) is 31.4 Å². The number of carbonyl (C=O) groups excluding carboxylic acids is 1. The van der Waals surface area contributed by atoms with E-state index in [0.717, 1.165) is 29.4 Å². The zero-order valence-corrected chi connectivity index (χ0v) is 13.3. The molecule has 1 atom stereocenters. The first kappa shape index (κ1) is 14.9. The summed E-state index contributed by atoms with van der Waals surface area (Å²) in [5.41, 5.74) is 3.16. The van der Waals surface area contributed by atoms with Gasteiger partial charge < -0.3 is 10.2 Å². The van der Waals surface area contributed by atoms with Gasteiger partial charge in [-0.05, 0) is 49.2 Å². The lowest BCUT2D eigenvalue weighted by molar-refractivity contribution is -0.117. The van der Waals surface area contributed by atoms with Crippen molar-refractivity contribution >= 4 is 28.9 Å². The average Bonchev–Trinajstić information content (AvgIpc) is 2.94. The molecule has 1 unspecified atom stereocenters. The van der Waals surface area contributed by atoms with E-state index in [1.165, 1.54) is 5.56 Å². The second-order valence-electron chi connectivity index (χ2n) is 5.62. The summed E-state index contributed by atoms with van der Waals surface area (Å²) in [5.74, 6) is 0.211. The maximum Gasteiger partial charge on any atom is 0.227 e. The van der Waals surface area contributed by atoms with Crippen molar-refractivity contribution in [3.05, 3.63) is 59.1 Å². The summed E-state index contributed by atoms with van der Waals surface area (Å²) < 4.78 is 0. The van der Waals surface area contributed by atoms with E-state index in [0.29, 0.717) is 6.42 Å². The van der Waals surface area contributed by atoms with Crippen LogP contribution < -0.4 is 10.2 Å². The molecule has 2 aromatic rings. The molecular formula is C18H19ClN2O. The number of nitrogens with zero attached hydrogens (tertiary/aromatic N) is 1. The molecule has 0 aliphatic carbocycles. The highest BCUT2D eigenvalue weighted by Gasteiger charge is 2.21. The Morgan fingerprint density at radius 1 is 1.18 bits per heavy atom. The van der Waals surface area contributed by atoms with Crippen LogP contribution in [0.5, 0.6) is 0 Å². The molecule has 1 N–H and O–H groups in total. The first-order valence-corrected chi connectivity index (χ1v) is 7.94. The van der Waals surface area contributed by atoms with Crippen LogP contribution in [0.25, 0.3) is 0 Å².